The molecule has 9 atom stereocenters. The van der Waals surface area contributed by atoms with Crippen LogP contribution >= 0.6 is 0 Å². The molecule has 9 unspecified atom stereocenters. The quantitative estimate of drug-likeness (QED) is 0.0868. The predicted molar refractivity (Wildman–Crippen MR) is 217 cm³/mol. The van der Waals surface area contributed by atoms with E-state index in [1.54, 1.807) is 30.9 Å². The molecule has 10 heteroatoms. The van der Waals surface area contributed by atoms with E-state index in [-0.39, 0.29) is 64.8 Å². The number of carbonyl (C=O) groups is 4. The van der Waals surface area contributed by atoms with Crippen LogP contribution in [-0.2, 0) is 23.9 Å². The number of rotatable bonds is 15. The fourth-order valence-electron chi connectivity index (χ4n) is 13.1. The second-order valence-electron chi connectivity index (χ2n) is 20.2. The first-order chi connectivity index (χ1) is 26.1. The highest BCUT2D eigenvalue weighted by molar-refractivity contribution is 6.00. The molecular weight excluding hydrogens is 709 g/mol. The minimum atomic E-state index is -1.18. The van der Waals surface area contributed by atoms with Gasteiger partial charge in [-0.25, -0.2) is 0 Å². The molecule has 0 aromatic rings. The molecule has 0 saturated heterocycles. The third kappa shape index (κ3) is 7.87. The molecule has 1 amide bonds. The van der Waals surface area contributed by atoms with Crippen LogP contribution in [0.4, 0.5) is 0 Å². The summed E-state index contributed by atoms with van der Waals surface area (Å²) in [6.07, 6.45) is 10.5. The fourth-order valence-corrected chi connectivity index (χ4v) is 13.1. The summed E-state index contributed by atoms with van der Waals surface area (Å²) in [6.45, 7) is 24.5. The van der Waals surface area contributed by atoms with Gasteiger partial charge in [-0.2, -0.15) is 0 Å². The third-order valence-electron chi connectivity index (χ3n) is 15.8. The van der Waals surface area contributed by atoms with Gasteiger partial charge in [0, 0.05) is 23.8 Å². The number of nitrogens with zero attached hydrogens (tertiary/aromatic N) is 2. The van der Waals surface area contributed by atoms with E-state index in [9.17, 15) is 34.5 Å². The molecule has 0 bridgehead atoms. The maximum atomic E-state index is 14.1. The molecule has 312 valence electrons. The lowest BCUT2D eigenvalue weighted by molar-refractivity contribution is -0.214. The highest BCUT2D eigenvalue weighted by Crippen LogP contribution is 2.73. The van der Waals surface area contributed by atoms with Crippen LogP contribution in [0.1, 0.15) is 132 Å². The number of carbonyl (C=O) groups excluding carboxylic acids is 3. The lowest BCUT2D eigenvalue weighted by Gasteiger charge is -2.69. The second-order valence-corrected chi connectivity index (χ2v) is 20.2. The van der Waals surface area contributed by atoms with E-state index < -0.39 is 30.1 Å². The number of carboxylic acids is 1. The number of ketones is 1. The van der Waals surface area contributed by atoms with Crippen LogP contribution in [0.5, 0.6) is 0 Å². The Balaban J connectivity index is 1.41. The number of allylic oxidation sites excluding steroid dienone is 4. The maximum absolute atomic E-state index is 14.1. The fraction of sp³-hybridized carbons (Fsp3) is 0.761. The lowest BCUT2D eigenvalue weighted by Crippen LogP contribution is -2.63. The van der Waals surface area contributed by atoms with E-state index in [1.807, 2.05) is 0 Å². The molecule has 5 rings (SSSR count). The Morgan fingerprint density at radius 3 is 2.30 bits per heavy atom. The summed E-state index contributed by atoms with van der Waals surface area (Å²) < 4.78 is 6.15. The second kappa shape index (κ2) is 16.3. The van der Waals surface area contributed by atoms with Crippen LogP contribution in [0.25, 0.3) is 0 Å². The maximum Gasteiger partial charge on any atom is 0.309 e. The molecule has 4 fully saturated rings. The molecule has 4 saturated carbocycles. The van der Waals surface area contributed by atoms with Crippen molar-refractivity contribution in [1.82, 2.24) is 4.90 Å². The molecular formula is C46H70N2O8. The Labute approximate surface area is 335 Å². The van der Waals surface area contributed by atoms with E-state index >= 15 is 0 Å². The number of esters is 1. The Kier molecular flexibility index (Phi) is 12.8. The molecule has 0 aliphatic heterocycles. The number of hydrogen-bond acceptors (Lipinski definition) is 8. The molecule has 0 heterocycles. The number of ether oxygens (including phenoxy) is 1. The Hall–Kier alpha value is -3.11. The average molecular weight is 779 g/mol. The highest BCUT2D eigenvalue weighted by Gasteiger charge is 2.66. The molecule has 5 aliphatic rings. The monoisotopic (exact) mass is 779 g/mol. The van der Waals surface area contributed by atoms with Crippen LogP contribution in [0.15, 0.2) is 40.6 Å². The first-order valence-electron chi connectivity index (χ1n) is 21.2. The largest absolute Gasteiger partial charge is 0.481 e. The van der Waals surface area contributed by atoms with Crippen molar-refractivity contribution in [3.63, 3.8) is 0 Å². The number of fused-ring (bicyclic) bond motifs is 7. The van der Waals surface area contributed by atoms with Gasteiger partial charge in [-0.15, -0.1) is 0 Å². The summed E-state index contributed by atoms with van der Waals surface area (Å²) in [6, 6.07) is 0. The van der Waals surface area contributed by atoms with E-state index in [0.717, 1.165) is 56.9 Å². The lowest BCUT2D eigenvalue weighted by atomic mass is 9.36. The number of amides is 1. The zero-order chi connectivity index (χ0) is 41.6. The number of aliphatic hydroxyl groups is 2. The Morgan fingerprint density at radius 2 is 1.70 bits per heavy atom. The van der Waals surface area contributed by atoms with Crippen molar-refractivity contribution in [3.05, 3.63) is 35.6 Å². The number of aliphatic carboxylic acids is 1. The summed E-state index contributed by atoms with van der Waals surface area (Å²) in [4.78, 5) is 58.3. The van der Waals surface area contributed by atoms with Gasteiger partial charge in [-0.05, 0) is 130 Å². The van der Waals surface area contributed by atoms with Gasteiger partial charge in [0.25, 0.3) is 0 Å². The number of Topliss-reactive ketones (excluding diaryl/α,β-unsaturated/α-hetero) is 1. The zero-order valence-corrected chi connectivity index (χ0v) is 35.5. The molecule has 3 N–H and O–H groups in total. The number of aliphatic imine (C=N–C) groups is 1. The van der Waals surface area contributed by atoms with Crippen molar-refractivity contribution in [2.45, 2.75) is 145 Å². The van der Waals surface area contributed by atoms with E-state index in [1.165, 1.54) is 5.57 Å². The van der Waals surface area contributed by atoms with Gasteiger partial charge in [-0.3, -0.25) is 24.2 Å². The van der Waals surface area contributed by atoms with Crippen molar-refractivity contribution in [3.8, 4) is 0 Å². The van der Waals surface area contributed by atoms with Crippen molar-refractivity contribution in [2.75, 3.05) is 19.7 Å². The topological polar surface area (TPSA) is 154 Å². The molecule has 5 aliphatic carbocycles. The Morgan fingerprint density at radius 1 is 1.02 bits per heavy atom. The van der Waals surface area contributed by atoms with Crippen molar-refractivity contribution in [1.29, 1.82) is 0 Å². The van der Waals surface area contributed by atoms with Gasteiger partial charge in [0.1, 0.15) is 6.10 Å². The van der Waals surface area contributed by atoms with Crippen LogP contribution in [-0.4, -0.2) is 82.5 Å². The summed E-state index contributed by atoms with van der Waals surface area (Å²) >= 11 is 0. The molecule has 0 aromatic heterocycles. The van der Waals surface area contributed by atoms with Gasteiger partial charge >= 0.3 is 11.9 Å². The van der Waals surface area contributed by atoms with Gasteiger partial charge < -0.3 is 25.0 Å². The van der Waals surface area contributed by atoms with Crippen LogP contribution in [0.2, 0.25) is 0 Å². The van der Waals surface area contributed by atoms with Crippen molar-refractivity contribution < 1.29 is 39.2 Å². The standard InChI is InChI=1S/C46H70N2O8/c1-11-12-29(47-10)26-48(37(52)23-30(50)27-49)22-21-46-20-15-32-31(40(46)39(28(2)3)33(51)24-46)13-14-35-44(32,8)18-16-34-43(6,7)36(17-19-45(34,35)9)56-38(53)25-42(4,5)41(54)55/h11-12,28,30-32,34-36,49-50H,1,10,13-27H2,2-9H3,(H,54,55)/b29-12-. The molecule has 0 radical (unpaired) electrons. The number of carboxylic acid groups (broad SMARTS) is 1. The molecule has 10 nitrogen and oxygen atoms in total. The third-order valence-corrected chi connectivity index (χ3v) is 15.8. The van der Waals surface area contributed by atoms with E-state index in [2.05, 4.69) is 59.8 Å². The van der Waals surface area contributed by atoms with Gasteiger partial charge in [0.2, 0.25) is 5.91 Å². The summed E-state index contributed by atoms with van der Waals surface area (Å²) in [5, 5.41) is 29.3. The highest BCUT2D eigenvalue weighted by atomic mass is 16.5. The summed E-state index contributed by atoms with van der Waals surface area (Å²) in [5.41, 5.74) is 1.29. The van der Waals surface area contributed by atoms with Gasteiger partial charge in [0.15, 0.2) is 5.78 Å². The smallest absolute Gasteiger partial charge is 0.309 e. The minimum absolute atomic E-state index is 0.0514. The SMILES string of the molecule is C=C/C=C(/CN(CCC12CCC3C(CCC4C3(C)CCC3C(C)(C)C(OC(=O)CC(C)(C)C(=O)O)CCC34C)C1=C(C(C)C)C(=O)C2)C(=O)CC(O)CO)N=C. The first-order valence-corrected chi connectivity index (χ1v) is 21.2. The molecule has 0 aromatic carbocycles. The summed E-state index contributed by atoms with van der Waals surface area (Å²) in [5.74, 6) is 0.186. The van der Waals surface area contributed by atoms with Gasteiger partial charge in [-0.1, -0.05) is 59.8 Å². The van der Waals surface area contributed by atoms with Crippen LogP contribution < -0.4 is 0 Å². The van der Waals surface area contributed by atoms with Crippen molar-refractivity contribution >= 4 is 30.3 Å². The van der Waals surface area contributed by atoms with Crippen LogP contribution in [0.3, 0.4) is 0 Å². The number of hydrogen-bond donors (Lipinski definition) is 3. The molecule has 0 spiro atoms. The van der Waals surface area contributed by atoms with E-state index in [0.29, 0.717) is 48.8 Å². The van der Waals surface area contributed by atoms with Crippen molar-refractivity contribution in [2.24, 2.45) is 61.7 Å². The molecule has 56 heavy (non-hydrogen) atoms. The normalized spacial score (nSPS) is 34.4. The predicted octanol–water partition coefficient (Wildman–Crippen LogP) is 7.72. The van der Waals surface area contributed by atoms with Crippen LogP contribution in [0, 0.1) is 56.7 Å². The Bertz CT molecular complexity index is 1640. The summed E-state index contributed by atoms with van der Waals surface area (Å²) in [7, 11) is 0. The zero-order valence-electron chi connectivity index (χ0n) is 35.5. The number of aliphatic hydroxyl groups excluding tert-OH is 2. The first kappa shape index (κ1) is 44.0. The minimum Gasteiger partial charge on any atom is -0.481 e. The average Bonchev–Trinajstić information content (AvgIpc) is 3.42. The van der Waals surface area contributed by atoms with E-state index in [4.69, 9.17) is 4.74 Å². The van der Waals surface area contributed by atoms with Gasteiger partial charge in [0.05, 0.1) is 43.2 Å².